The molecule has 0 N–H and O–H groups in total. The Hall–Kier alpha value is -3.65. The van der Waals surface area contributed by atoms with Crippen molar-refractivity contribution in [3.8, 4) is 0 Å². The van der Waals surface area contributed by atoms with Gasteiger partial charge in [-0.25, -0.2) is 4.39 Å². The molecule has 1 atom stereocenters. The van der Waals surface area contributed by atoms with Gasteiger partial charge in [-0.2, -0.15) is 0 Å². The Morgan fingerprint density at radius 3 is 1.84 bits per heavy atom. The molecule has 154 valence electrons. The molecule has 0 fully saturated rings. The summed E-state index contributed by atoms with van der Waals surface area (Å²) in [6.45, 7) is 2.24. The van der Waals surface area contributed by atoms with Gasteiger partial charge in [0.1, 0.15) is 0 Å². The summed E-state index contributed by atoms with van der Waals surface area (Å²) in [6.07, 6.45) is 14.0. The van der Waals surface area contributed by atoms with Crippen LogP contribution in [0.3, 0.4) is 0 Å². The lowest BCUT2D eigenvalue weighted by Gasteiger charge is -2.28. The molecule has 0 saturated heterocycles. The lowest BCUT2D eigenvalue weighted by Crippen LogP contribution is -2.17. The maximum Gasteiger partial charge on any atom is 0.0872 e. The summed E-state index contributed by atoms with van der Waals surface area (Å²) in [6, 6.07) is 26.9. The van der Waals surface area contributed by atoms with Gasteiger partial charge in [0.25, 0.3) is 0 Å². The van der Waals surface area contributed by atoms with Gasteiger partial charge in [-0.15, -0.1) is 0 Å². The number of hydrogen-bond donors (Lipinski definition) is 0. The molecule has 0 radical (unpaired) electrons. The zero-order chi connectivity index (χ0) is 21.5. The molecule has 0 amide bonds. The number of benzene rings is 3. The van der Waals surface area contributed by atoms with Crippen molar-refractivity contribution >= 4 is 29.6 Å². The molecular weight excluding hydrogens is 381 g/mol. The summed E-state index contributed by atoms with van der Waals surface area (Å²) in [5.41, 5.74) is 6.55. The third-order valence-electron chi connectivity index (χ3n) is 5.38. The van der Waals surface area contributed by atoms with Crippen molar-refractivity contribution in [2.75, 3.05) is 4.90 Å². The second-order valence-electron chi connectivity index (χ2n) is 7.76. The van der Waals surface area contributed by atoms with Gasteiger partial charge < -0.3 is 4.90 Å². The van der Waals surface area contributed by atoms with Crippen molar-refractivity contribution in [3.05, 3.63) is 126 Å². The Labute approximate surface area is 184 Å². The van der Waals surface area contributed by atoms with Crippen molar-refractivity contribution in [2.24, 2.45) is 5.92 Å². The molecule has 1 aliphatic carbocycles. The molecule has 0 spiro atoms. The molecule has 4 rings (SSSR count). The van der Waals surface area contributed by atoms with Crippen LogP contribution in [0.1, 0.15) is 30.0 Å². The number of allylic oxidation sites excluding steroid dienone is 3. The van der Waals surface area contributed by atoms with E-state index in [1.54, 1.807) is 0 Å². The first-order chi connectivity index (χ1) is 15.2. The van der Waals surface area contributed by atoms with Gasteiger partial charge >= 0.3 is 0 Å². The average molecular weight is 408 g/mol. The number of anilines is 2. The molecule has 1 nitrogen and oxygen atoms in total. The summed E-state index contributed by atoms with van der Waals surface area (Å²) in [5, 5.41) is 0. The Kier molecular flexibility index (Phi) is 6.59. The van der Waals surface area contributed by atoms with Crippen LogP contribution in [-0.2, 0) is 0 Å². The molecular formula is C29H26FN. The first kappa shape index (κ1) is 20.6. The normalized spacial score (nSPS) is 16.1. The number of nitrogens with zero attached hydrogens (tertiary/aromatic N) is 1. The second kappa shape index (κ2) is 9.90. The fraction of sp³-hybridized carbons (Fsp3) is 0.103. The van der Waals surface area contributed by atoms with E-state index in [2.05, 4.69) is 90.7 Å². The van der Waals surface area contributed by atoms with Crippen LogP contribution in [0.2, 0.25) is 0 Å². The quantitative estimate of drug-likeness (QED) is 0.371. The van der Waals surface area contributed by atoms with E-state index in [4.69, 9.17) is 0 Å². The minimum atomic E-state index is 0.560. The van der Waals surface area contributed by atoms with Gasteiger partial charge in [-0.1, -0.05) is 85.8 Å². The summed E-state index contributed by atoms with van der Waals surface area (Å²) >= 11 is 0. The van der Waals surface area contributed by atoms with Crippen molar-refractivity contribution in [1.82, 2.24) is 0 Å². The molecule has 0 bridgehead atoms. The van der Waals surface area contributed by atoms with Crippen molar-refractivity contribution < 1.29 is 4.39 Å². The maximum atomic E-state index is 12.3. The first-order valence-electron chi connectivity index (χ1n) is 10.6. The SMILES string of the molecule is CC1C=CC(N(c2ccccc2)c2ccc(/C=C/c3ccc(/C=C/F)cc3)cc2)=CC1. The van der Waals surface area contributed by atoms with E-state index in [9.17, 15) is 4.39 Å². The zero-order valence-electron chi connectivity index (χ0n) is 17.7. The van der Waals surface area contributed by atoms with Crippen LogP contribution in [0.15, 0.2) is 109 Å². The summed E-state index contributed by atoms with van der Waals surface area (Å²) in [7, 11) is 0. The lowest BCUT2D eigenvalue weighted by atomic mass is 10.0. The van der Waals surface area contributed by atoms with Crippen molar-refractivity contribution in [1.29, 1.82) is 0 Å². The van der Waals surface area contributed by atoms with Gasteiger partial charge in [0.05, 0.1) is 6.33 Å². The van der Waals surface area contributed by atoms with E-state index in [-0.39, 0.29) is 0 Å². The van der Waals surface area contributed by atoms with Crippen LogP contribution in [0.5, 0.6) is 0 Å². The summed E-state index contributed by atoms with van der Waals surface area (Å²) < 4.78 is 12.3. The molecule has 0 saturated carbocycles. The minimum Gasteiger partial charge on any atom is -0.311 e. The maximum absolute atomic E-state index is 12.3. The molecule has 0 heterocycles. The predicted molar refractivity (Wildman–Crippen MR) is 132 cm³/mol. The average Bonchev–Trinajstić information content (AvgIpc) is 2.82. The highest BCUT2D eigenvalue weighted by atomic mass is 19.1. The fourth-order valence-corrected chi connectivity index (χ4v) is 3.62. The molecule has 3 aromatic rings. The third kappa shape index (κ3) is 5.29. The minimum absolute atomic E-state index is 0.560. The van der Waals surface area contributed by atoms with Gasteiger partial charge in [0, 0.05) is 17.1 Å². The topological polar surface area (TPSA) is 3.24 Å². The summed E-state index contributed by atoms with van der Waals surface area (Å²) in [4.78, 5) is 2.30. The van der Waals surface area contributed by atoms with Gasteiger partial charge in [-0.3, -0.25) is 0 Å². The standard InChI is InChI=1S/C29H26FN/c1-23-7-17-28(18-8-23)31(27-5-3-2-4-6-27)29-19-15-25(16-20-29)10-9-24-11-13-26(14-12-24)21-22-30/h2-7,9-23H,8H2,1H3/b10-9+,22-21+. The number of para-hydroxylation sites is 1. The Morgan fingerprint density at radius 1 is 0.742 bits per heavy atom. The molecule has 31 heavy (non-hydrogen) atoms. The first-order valence-corrected chi connectivity index (χ1v) is 10.6. The van der Waals surface area contributed by atoms with Crippen molar-refractivity contribution in [3.63, 3.8) is 0 Å². The van der Waals surface area contributed by atoms with E-state index < -0.39 is 0 Å². The van der Waals surface area contributed by atoms with E-state index >= 15 is 0 Å². The molecule has 0 aromatic heterocycles. The largest absolute Gasteiger partial charge is 0.311 e. The molecule has 2 heteroatoms. The highest BCUT2D eigenvalue weighted by molar-refractivity contribution is 5.74. The fourth-order valence-electron chi connectivity index (χ4n) is 3.62. The highest BCUT2D eigenvalue weighted by Gasteiger charge is 2.15. The lowest BCUT2D eigenvalue weighted by molar-refractivity contribution is 0.727. The summed E-state index contributed by atoms with van der Waals surface area (Å²) in [5.74, 6) is 0.580. The highest BCUT2D eigenvalue weighted by Crippen LogP contribution is 2.33. The molecule has 3 aromatic carbocycles. The van der Waals surface area contributed by atoms with Gasteiger partial charge in [0.2, 0.25) is 0 Å². The van der Waals surface area contributed by atoms with E-state index in [1.165, 1.54) is 11.8 Å². The van der Waals surface area contributed by atoms with E-state index in [0.29, 0.717) is 12.2 Å². The van der Waals surface area contributed by atoms with Gasteiger partial charge in [0.15, 0.2) is 0 Å². The number of halogens is 1. The smallest absolute Gasteiger partial charge is 0.0872 e. The van der Waals surface area contributed by atoms with Crippen LogP contribution >= 0.6 is 0 Å². The monoisotopic (exact) mass is 407 g/mol. The predicted octanol–water partition coefficient (Wildman–Crippen LogP) is 8.42. The Balaban J connectivity index is 1.56. The second-order valence-corrected chi connectivity index (χ2v) is 7.76. The number of hydrogen-bond acceptors (Lipinski definition) is 1. The van der Waals surface area contributed by atoms with Crippen LogP contribution in [0, 0.1) is 5.92 Å². The van der Waals surface area contributed by atoms with E-state index in [1.807, 2.05) is 30.3 Å². The Morgan fingerprint density at radius 2 is 1.29 bits per heavy atom. The third-order valence-corrected chi connectivity index (χ3v) is 5.38. The van der Waals surface area contributed by atoms with Crippen LogP contribution in [-0.4, -0.2) is 0 Å². The van der Waals surface area contributed by atoms with Gasteiger partial charge in [-0.05, 0) is 65.4 Å². The van der Waals surface area contributed by atoms with E-state index in [0.717, 1.165) is 34.5 Å². The molecule has 1 aliphatic rings. The van der Waals surface area contributed by atoms with Crippen molar-refractivity contribution in [2.45, 2.75) is 13.3 Å². The Bertz CT molecular complexity index is 1100. The molecule has 1 unspecified atom stereocenters. The zero-order valence-corrected chi connectivity index (χ0v) is 17.7. The van der Waals surface area contributed by atoms with Crippen LogP contribution in [0.25, 0.3) is 18.2 Å². The van der Waals surface area contributed by atoms with Crippen LogP contribution in [0.4, 0.5) is 15.8 Å². The number of rotatable bonds is 6. The van der Waals surface area contributed by atoms with Crippen LogP contribution < -0.4 is 4.90 Å². The molecule has 0 aliphatic heterocycles.